The molecule has 4 aromatic rings. The van der Waals surface area contributed by atoms with Gasteiger partial charge in [-0.15, -0.1) is 0 Å². The first-order valence-corrected chi connectivity index (χ1v) is 12.5. The summed E-state index contributed by atoms with van der Waals surface area (Å²) in [7, 11) is 0. The summed E-state index contributed by atoms with van der Waals surface area (Å²) in [6, 6.07) is 24.4. The first-order chi connectivity index (χ1) is 18.4. The van der Waals surface area contributed by atoms with Gasteiger partial charge in [-0.3, -0.25) is 16.2 Å². The molecule has 0 saturated carbocycles. The molecule has 196 valence electrons. The number of imidazole rings is 1. The van der Waals surface area contributed by atoms with E-state index in [2.05, 4.69) is 12.1 Å². The molecule has 0 aliphatic rings. The van der Waals surface area contributed by atoms with E-state index in [1.54, 1.807) is 24.3 Å². The fraction of sp³-hybridized carbons (Fsp3) is 0.207. The summed E-state index contributed by atoms with van der Waals surface area (Å²) < 4.78 is 15.7. The molecule has 0 atom stereocenters. The van der Waals surface area contributed by atoms with Crippen LogP contribution in [0, 0.1) is 16.2 Å². The van der Waals surface area contributed by atoms with Gasteiger partial charge in [0.15, 0.2) is 0 Å². The maximum Gasteiger partial charge on any atom is 0.202 e. The monoisotopic (exact) mass is 511 g/mol. The molecule has 0 radical (unpaired) electrons. The summed E-state index contributed by atoms with van der Waals surface area (Å²) in [5.41, 5.74) is 14.8. The summed E-state index contributed by atoms with van der Waals surface area (Å²) in [6.07, 6.45) is 3.50. The predicted octanol–water partition coefficient (Wildman–Crippen LogP) is 3.94. The molecule has 3 aromatic carbocycles. The van der Waals surface area contributed by atoms with Crippen LogP contribution in [0.2, 0.25) is 0 Å². The van der Waals surface area contributed by atoms with Gasteiger partial charge in [-0.25, -0.2) is 0 Å². The van der Waals surface area contributed by atoms with Gasteiger partial charge in [0.2, 0.25) is 5.62 Å². The fourth-order valence-corrected chi connectivity index (χ4v) is 4.08. The van der Waals surface area contributed by atoms with Crippen molar-refractivity contribution in [2.75, 3.05) is 13.2 Å². The lowest BCUT2D eigenvalue weighted by atomic mass is 10.1. The highest BCUT2D eigenvalue weighted by molar-refractivity contribution is 5.95. The quantitative estimate of drug-likeness (QED) is 0.105. The number of nitrogens with two attached hydrogens (primary N) is 2. The summed E-state index contributed by atoms with van der Waals surface area (Å²) in [5.74, 6) is 1.51. The van der Waals surface area contributed by atoms with Gasteiger partial charge in [-0.05, 0) is 66.9 Å². The van der Waals surface area contributed by atoms with Crippen molar-refractivity contribution in [3.05, 3.63) is 102 Å². The second kappa shape index (κ2) is 12.4. The molecule has 1 heterocycles. The van der Waals surface area contributed by atoms with Crippen molar-refractivity contribution >= 4 is 11.7 Å². The van der Waals surface area contributed by atoms with Crippen LogP contribution in [0.25, 0.3) is 11.3 Å². The Hall–Kier alpha value is -4.79. The van der Waals surface area contributed by atoms with E-state index in [9.17, 15) is 0 Å². The molecule has 0 spiro atoms. The zero-order valence-corrected chi connectivity index (χ0v) is 21.2. The van der Waals surface area contributed by atoms with E-state index in [1.807, 2.05) is 57.8 Å². The first-order valence-electron chi connectivity index (χ1n) is 12.5. The van der Waals surface area contributed by atoms with E-state index in [0.717, 1.165) is 35.6 Å². The summed E-state index contributed by atoms with van der Waals surface area (Å²) >= 11 is 0. The number of rotatable bonds is 13. The second-order valence-corrected chi connectivity index (χ2v) is 8.83. The molecule has 0 amide bonds. The molecular weight excluding hydrogens is 478 g/mol. The molecule has 0 fully saturated rings. The van der Waals surface area contributed by atoms with Crippen LogP contribution in [-0.4, -0.2) is 34.0 Å². The number of nitrogens with zero attached hydrogens (tertiary/aromatic N) is 2. The van der Waals surface area contributed by atoms with Crippen molar-refractivity contribution in [2.45, 2.75) is 25.9 Å². The maximum atomic E-state index is 8.82. The SMILES string of the molecule is N=C(N)c1ccc(OCCCn2cc(-c3ccccc3)n(CCCOc3ccc(C(=N)N)cc3)c2=N)cc1. The van der Waals surface area contributed by atoms with Crippen LogP contribution >= 0.6 is 0 Å². The maximum absolute atomic E-state index is 8.82. The Morgan fingerprint density at radius 2 is 1.18 bits per heavy atom. The summed E-state index contributed by atoms with van der Waals surface area (Å²) in [5, 5.41) is 23.8. The molecule has 0 saturated heterocycles. The number of benzene rings is 3. The molecule has 0 aliphatic heterocycles. The Morgan fingerprint density at radius 1 is 0.684 bits per heavy atom. The zero-order valence-electron chi connectivity index (χ0n) is 21.2. The van der Waals surface area contributed by atoms with Crippen molar-refractivity contribution in [3.8, 4) is 22.8 Å². The van der Waals surface area contributed by atoms with Crippen LogP contribution in [0.3, 0.4) is 0 Å². The topological polar surface area (TPSA) is 152 Å². The molecule has 9 nitrogen and oxygen atoms in total. The summed E-state index contributed by atoms with van der Waals surface area (Å²) in [4.78, 5) is 0. The van der Waals surface area contributed by atoms with Gasteiger partial charge in [-0.2, -0.15) is 0 Å². The molecule has 1 aromatic heterocycles. The molecular formula is C29H33N7O2. The largest absolute Gasteiger partial charge is 0.494 e. The molecule has 9 heteroatoms. The third-order valence-electron chi connectivity index (χ3n) is 6.10. The van der Waals surface area contributed by atoms with Crippen LogP contribution in [0.5, 0.6) is 11.5 Å². The number of aromatic nitrogens is 2. The fourth-order valence-electron chi connectivity index (χ4n) is 4.08. The smallest absolute Gasteiger partial charge is 0.202 e. The number of amidine groups is 2. The lowest BCUT2D eigenvalue weighted by molar-refractivity contribution is 0.296. The minimum atomic E-state index is 0.0313. The highest BCUT2D eigenvalue weighted by Crippen LogP contribution is 2.19. The molecule has 0 aliphatic carbocycles. The minimum absolute atomic E-state index is 0.0313. The van der Waals surface area contributed by atoms with Gasteiger partial charge in [0.05, 0.1) is 18.9 Å². The Balaban J connectivity index is 1.37. The molecule has 0 bridgehead atoms. The number of nitrogen functional groups attached to an aromatic ring is 2. The van der Waals surface area contributed by atoms with Crippen LogP contribution in [-0.2, 0) is 13.1 Å². The molecule has 0 unspecified atom stereocenters. The number of nitrogens with one attached hydrogen (secondary N) is 3. The highest BCUT2D eigenvalue weighted by atomic mass is 16.5. The molecule has 4 rings (SSSR count). The Labute approximate surface area is 221 Å². The van der Waals surface area contributed by atoms with Crippen LogP contribution in [0.1, 0.15) is 24.0 Å². The van der Waals surface area contributed by atoms with Crippen LogP contribution in [0.4, 0.5) is 0 Å². The van der Waals surface area contributed by atoms with Gasteiger partial charge in [0.25, 0.3) is 0 Å². The molecule has 7 N–H and O–H groups in total. The number of ether oxygens (including phenoxy) is 2. The molecule has 38 heavy (non-hydrogen) atoms. The third kappa shape index (κ3) is 6.70. The predicted molar refractivity (Wildman–Crippen MR) is 149 cm³/mol. The van der Waals surface area contributed by atoms with E-state index in [1.165, 1.54) is 0 Å². The Morgan fingerprint density at radius 3 is 1.68 bits per heavy atom. The number of hydrogen-bond acceptors (Lipinski definition) is 5. The van der Waals surface area contributed by atoms with Gasteiger partial charge in [0.1, 0.15) is 23.2 Å². The number of aryl methyl sites for hydroxylation is 1. The van der Waals surface area contributed by atoms with E-state index in [0.29, 0.717) is 43.0 Å². The lowest BCUT2D eigenvalue weighted by Gasteiger charge is -2.10. The average Bonchev–Trinajstić information content (AvgIpc) is 3.25. The van der Waals surface area contributed by atoms with Gasteiger partial charge < -0.3 is 30.1 Å². The summed E-state index contributed by atoms with van der Waals surface area (Å²) in [6.45, 7) is 2.30. The second-order valence-electron chi connectivity index (χ2n) is 8.83. The van der Waals surface area contributed by atoms with Crippen LogP contribution in [0.15, 0.2) is 85.1 Å². The third-order valence-corrected chi connectivity index (χ3v) is 6.10. The van der Waals surface area contributed by atoms with E-state index in [-0.39, 0.29) is 11.7 Å². The van der Waals surface area contributed by atoms with Crippen molar-refractivity contribution in [3.63, 3.8) is 0 Å². The Bertz CT molecular complexity index is 1420. The zero-order chi connectivity index (χ0) is 26.9. The lowest BCUT2D eigenvalue weighted by Crippen LogP contribution is -2.26. The highest BCUT2D eigenvalue weighted by Gasteiger charge is 2.11. The first kappa shape index (κ1) is 26.3. The van der Waals surface area contributed by atoms with E-state index < -0.39 is 0 Å². The normalized spacial score (nSPS) is 10.7. The van der Waals surface area contributed by atoms with E-state index >= 15 is 0 Å². The van der Waals surface area contributed by atoms with Crippen LogP contribution < -0.4 is 26.6 Å². The van der Waals surface area contributed by atoms with Gasteiger partial charge in [0, 0.05) is 30.4 Å². The van der Waals surface area contributed by atoms with E-state index in [4.69, 9.17) is 37.2 Å². The van der Waals surface area contributed by atoms with Crippen molar-refractivity contribution in [2.24, 2.45) is 11.5 Å². The minimum Gasteiger partial charge on any atom is -0.494 e. The average molecular weight is 512 g/mol. The Kier molecular flexibility index (Phi) is 8.61. The van der Waals surface area contributed by atoms with Gasteiger partial charge in [-0.1, -0.05) is 30.3 Å². The standard InChI is InChI=1S/C29H33N7O2/c30-27(31)22-8-12-24(13-9-22)37-18-4-16-35-20-26(21-6-2-1-3-7-21)36(29(35)34)17-5-19-38-25-14-10-23(11-15-25)28(32)33/h1-3,6-15,20,34H,4-5,16-19H2,(H3,30,31)(H3,32,33). The van der Waals surface area contributed by atoms with Crippen molar-refractivity contribution in [1.29, 1.82) is 16.2 Å². The van der Waals surface area contributed by atoms with Crippen molar-refractivity contribution < 1.29 is 9.47 Å². The van der Waals surface area contributed by atoms with Crippen molar-refractivity contribution in [1.82, 2.24) is 9.13 Å². The van der Waals surface area contributed by atoms with Gasteiger partial charge >= 0.3 is 0 Å². The number of hydrogen-bond donors (Lipinski definition) is 5.